The topological polar surface area (TPSA) is 15.3 Å². The molecule has 0 aromatic heterocycles. The summed E-state index contributed by atoms with van der Waals surface area (Å²) in [6, 6.07) is 6.94. The van der Waals surface area contributed by atoms with E-state index < -0.39 is 0 Å². The molecule has 2 rings (SSSR count). The van der Waals surface area contributed by atoms with Gasteiger partial charge in [-0.25, -0.2) is 0 Å². The molecule has 1 fully saturated rings. The molecule has 2 nitrogen and oxygen atoms in total. The molecular formula is C15H23ClN2. The van der Waals surface area contributed by atoms with Gasteiger partial charge in [0.15, 0.2) is 0 Å². The van der Waals surface area contributed by atoms with Gasteiger partial charge in [-0.05, 0) is 36.5 Å². The Morgan fingerprint density at radius 2 is 2.11 bits per heavy atom. The van der Waals surface area contributed by atoms with Crippen molar-refractivity contribution in [3.63, 3.8) is 0 Å². The van der Waals surface area contributed by atoms with E-state index in [1.807, 2.05) is 6.07 Å². The zero-order chi connectivity index (χ0) is 13.1. The standard InChI is InChI=1S/C15H23ClN2/c1-11(2)10-18(3)15-8-13(16)5-4-12(15)9-17-14-6-7-14/h4-5,8,11,14,17H,6-7,9-10H2,1-3H3. The van der Waals surface area contributed by atoms with Crippen LogP contribution in [0.25, 0.3) is 0 Å². The van der Waals surface area contributed by atoms with Gasteiger partial charge in [-0.15, -0.1) is 0 Å². The molecule has 0 radical (unpaired) electrons. The SMILES string of the molecule is CC(C)CN(C)c1cc(Cl)ccc1CNC1CC1. The summed E-state index contributed by atoms with van der Waals surface area (Å²) < 4.78 is 0. The van der Waals surface area contributed by atoms with E-state index in [0.29, 0.717) is 5.92 Å². The molecule has 1 saturated carbocycles. The summed E-state index contributed by atoms with van der Waals surface area (Å²) in [6.45, 7) is 6.47. The lowest BCUT2D eigenvalue weighted by atomic mass is 10.1. The number of hydrogen-bond acceptors (Lipinski definition) is 2. The summed E-state index contributed by atoms with van der Waals surface area (Å²) >= 11 is 6.13. The van der Waals surface area contributed by atoms with Gasteiger partial charge in [-0.3, -0.25) is 0 Å². The van der Waals surface area contributed by atoms with Crippen molar-refractivity contribution in [2.45, 2.75) is 39.3 Å². The zero-order valence-corrected chi connectivity index (χ0v) is 12.3. The first kappa shape index (κ1) is 13.7. The summed E-state index contributed by atoms with van der Waals surface area (Å²) in [5, 5.41) is 4.39. The van der Waals surface area contributed by atoms with Crippen LogP contribution < -0.4 is 10.2 Å². The van der Waals surface area contributed by atoms with E-state index in [2.05, 4.69) is 43.2 Å². The molecule has 1 aliphatic carbocycles. The van der Waals surface area contributed by atoms with Gasteiger partial charge in [0.05, 0.1) is 0 Å². The van der Waals surface area contributed by atoms with E-state index in [-0.39, 0.29) is 0 Å². The van der Waals surface area contributed by atoms with Crippen LogP contribution in [0.15, 0.2) is 18.2 Å². The second-order valence-electron chi connectivity index (χ2n) is 5.70. The molecule has 0 heterocycles. The monoisotopic (exact) mass is 266 g/mol. The van der Waals surface area contributed by atoms with Crippen molar-refractivity contribution in [2.24, 2.45) is 5.92 Å². The number of rotatable bonds is 6. The third kappa shape index (κ3) is 3.89. The average molecular weight is 267 g/mol. The Morgan fingerprint density at radius 3 is 2.72 bits per heavy atom. The van der Waals surface area contributed by atoms with Crippen LogP contribution in [0, 0.1) is 5.92 Å². The Bertz CT molecular complexity index is 399. The quantitative estimate of drug-likeness (QED) is 0.845. The van der Waals surface area contributed by atoms with Crippen LogP contribution in [-0.2, 0) is 6.54 Å². The molecule has 0 unspecified atom stereocenters. The van der Waals surface area contributed by atoms with E-state index in [0.717, 1.165) is 24.2 Å². The van der Waals surface area contributed by atoms with Gasteiger partial charge in [0, 0.05) is 36.9 Å². The first-order valence-corrected chi connectivity index (χ1v) is 7.17. The number of halogens is 1. The predicted molar refractivity (Wildman–Crippen MR) is 79.4 cm³/mol. The normalized spacial score (nSPS) is 15.2. The molecule has 1 aromatic rings. The van der Waals surface area contributed by atoms with Crippen molar-refractivity contribution in [1.82, 2.24) is 5.32 Å². The van der Waals surface area contributed by atoms with E-state index in [1.54, 1.807) is 0 Å². The number of hydrogen-bond donors (Lipinski definition) is 1. The number of anilines is 1. The zero-order valence-electron chi connectivity index (χ0n) is 11.5. The van der Waals surface area contributed by atoms with Crippen molar-refractivity contribution < 1.29 is 0 Å². The van der Waals surface area contributed by atoms with Crippen molar-refractivity contribution in [3.05, 3.63) is 28.8 Å². The van der Waals surface area contributed by atoms with Gasteiger partial charge in [-0.1, -0.05) is 31.5 Å². The van der Waals surface area contributed by atoms with Crippen LogP contribution in [0.5, 0.6) is 0 Å². The van der Waals surface area contributed by atoms with Crippen LogP contribution in [0.3, 0.4) is 0 Å². The highest BCUT2D eigenvalue weighted by Crippen LogP contribution is 2.26. The van der Waals surface area contributed by atoms with Gasteiger partial charge >= 0.3 is 0 Å². The van der Waals surface area contributed by atoms with Crippen LogP contribution in [0.4, 0.5) is 5.69 Å². The maximum absolute atomic E-state index is 6.13. The van der Waals surface area contributed by atoms with Gasteiger partial charge in [0.1, 0.15) is 0 Å². The Balaban J connectivity index is 2.10. The Morgan fingerprint density at radius 1 is 1.39 bits per heavy atom. The molecule has 0 amide bonds. The summed E-state index contributed by atoms with van der Waals surface area (Å²) in [4.78, 5) is 2.31. The van der Waals surface area contributed by atoms with E-state index in [4.69, 9.17) is 11.6 Å². The highest BCUT2D eigenvalue weighted by Gasteiger charge is 2.20. The molecule has 0 spiro atoms. The van der Waals surface area contributed by atoms with Crippen LogP contribution in [0.2, 0.25) is 5.02 Å². The molecule has 100 valence electrons. The second-order valence-corrected chi connectivity index (χ2v) is 6.14. The van der Waals surface area contributed by atoms with Crippen molar-refractivity contribution in [2.75, 3.05) is 18.5 Å². The largest absolute Gasteiger partial charge is 0.374 e. The predicted octanol–water partition coefficient (Wildman–Crippen LogP) is 3.68. The summed E-state index contributed by atoms with van der Waals surface area (Å²) in [6.07, 6.45) is 2.65. The van der Waals surface area contributed by atoms with Gasteiger partial charge in [0.25, 0.3) is 0 Å². The summed E-state index contributed by atoms with van der Waals surface area (Å²) in [5.74, 6) is 0.651. The second kappa shape index (κ2) is 5.94. The molecule has 1 N–H and O–H groups in total. The summed E-state index contributed by atoms with van der Waals surface area (Å²) in [7, 11) is 2.15. The smallest absolute Gasteiger partial charge is 0.0426 e. The maximum atomic E-state index is 6.13. The first-order valence-electron chi connectivity index (χ1n) is 6.79. The molecule has 1 aliphatic rings. The highest BCUT2D eigenvalue weighted by molar-refractivity contribution is 6.30. The lowest BCUT2D eigenvalue weighted by Crippen LogP contribution is -2.25. The first-order chi connectivity index (χ1) is 8.56. The summed E-state index contributed by atoms with van der Waals surface area (Å²) in [5.41, 5.74) is 2.60. The number of nitrogens with zero attached hydrogens (tertiary/aromatic N) is 1. The molecule has 1 aromatic carbocycles. The van der Waals surface area contributed by atoms with Crippen molar-refractivity contribution in [3.8, 4) is 0 Å². The van der Waals surface area contributed by atoms with Gasteiger partial charge in [-0.2, -0.15) is 0 Å². The third-order valence-electron chi connectivity index (χ3n) is 3.26. The lowest BCUT2D eigenvalue weighted by molar-refractivity contribution is 0.632. The fourth-order valence-corrected chi connectivity index (χ4v) is 2.40. The molecule has 0 aliphatic heterocycles. The number of benzene rings is 1. The minimum atomic E-state index is 0.651. The fraction of sp³-hybridized carbons (Fsp3) is 0.600. The molecule has 18 heavy (non-hydrogen) atoms. The lowest BCUT2D eigenvalue weighted by Gasteiger charge is -2.24. The highest BCUT2D eigenvalue weighted by atomic mass is 35.5. The molecule has 0 saturated heterocycles. The van der Waals surface area contributed by atoms with Crippen molar-refractivity contribution >= 4 is 17.3 Å². The third-order valence-corrected chi connectivity index (χ3v) is 3.49. The van der Waals surface area contributed by atoms with Crippen LogP contribution in [-0.4, -0.2) is 19.6 Å². The fourth-order valence-electron chi connectivity index (χ4n) is 2.23. The van der Waals surface area contributed by atoms with E-state index in [1.165, 1.54) is 24.1 Å². The minimum Gasteiger partial charge on any atom is -0.374 e. The Kier molecular flexibility index (Phi) is 4.52. The number of nitrogens with one attached hydrogen (secondary N) is 1. The Hall–Kier alpha value is -0.730. The van der Waals surface area contributed by atoms with Gasteiger partial charge in [0.2, 0.25) is 0 Å². The average Bonchev–Trinajstić information content (AvgIpc) is 3.10. The maximum Gasteiger partial charge on any atom is 0.0426 e. The van der Waals surface area contributed by atoms with E-state index in [9.17, 15) is 0 Å². The van der Waals surface area contributed by atoms with Crippen LogP contribution in [0.1, 0.15) is 32.3 Å². The van der Waals surface area contributed by atoms with Crippen LogP contribution >= 0.6 is 11.6 Å². The molecular weight excluding hydrogens is 244 g/mol. The Labute approximate surface area is 115 Å². The molecule has 0 atom stereocenters. The minimum absolute atomic E-state index is 0.651. The van der Waals surface area contributed by atoms with Gasteiger partial charge < -0.3 is 10.2 Å². The van der Waals surface area contributed by atoms with E-state index >= 15 is 0 Å². The molecule has 0 bridgehead atoms. The van der Waals surface area contributed by atoms with Crippen molar-refractivity contribution in [1.29, 1.82) is 0 Å². The molecule has 3 heteroatoms.